The molecule has 0 saturated heterocycles. The highest BCUT2D eigenvalue weighted by Crippen LogP contribution is 2.40. The molecule has 3 rings (SSSR count). The van der Waals surface area contributed by atoms with Gasteiger partial charge in [-0.2, -0.15) is 0 Å². The Morgan fingerprint density at radius 1 is 1.32 bits per heavy atom. The maximum Gasteiger partial charge on any atom is 0.270 e. The number of ether oxygens (including phenoxy) is 1. The first kappa shape index (κ1) is 17.8. The fourth-order valence-electron chi connectivity index (χ4n) is 2.61. The molecule has 0 N–H and O–H groups in total. The topological polar surface area (TPSA) is 65.3 Å². The summed E-state index contributed by atoms with van der Waals surface area (Å²) in [6.07, 6.45) is 7.11. The van der Waals surface area contributed by atoms with Gasteiger partial charge in [0.1, 0.15) is 5.75 Å². The molecule has 0 bridgehead atoms. The average molecular weight is 377 g/mol. The van der Waals surface area contributed by atoms with E-state index in [1.807, 2.05) is 19.1 Å². The molecular weight excluding hydrogens is 360 g/mol. The van der Waals surface area contributed by atoms with E-state index in [-0.39, 0.29) is 5.69 Å². The highest BCUT2D eigenvalue weighted by atomic mass is 35.5. The predicted octanol–water partition coefficient (Wildman–Crippen LogP) is 5.88. The van der Waals surface area contributed by atoms with Gasteiger partial charge in [-0.15, -0.1) is 0 Å². The van der Waals surface area contributed by atoms with Crippen LogP contribution >= 0.6 is 23.4 Å². The normalized spacial score (nSPS) is 19.3. The first-order valence-electron chi connectivity index (χ1n) is 8.04. The molecule has 5 nitrogen and oxygen atoms in total. The van der Waals surface area contributed by atoms with Crippen LogP contribution in [0.15, 0.2) is 40.8 Å². The van der Waals surface area contributed by atoms with E-state index in [1.165, 1.54) is 23.9 Å². The molecule has 0 amide bonds. The van der Waals surface area contributed by atoms with Crippen LogP contribution in [-0.4, -0.2) is 16.5 Å². The summed E-state index contributed by atoms with van der Waals surface area (Å²) in [4.78, 5) is 16.3. The molecule has 0 spiro atoms. The molecule has 0 fully saturated rings. The van der Waals surface area contributed by atoms with Gasteiger partial charge in [0.2, 0.25) is 0 Å². The first-order valence-corrected chi connectivity index (χ1v) is 9.24. The minimum Gasteiger partial charge on any atom is -0.493 e. The van der Waals surface area contributed by atoms with Gasteiger partial charge in [-0.25, -0.2) is 4.98 Å². The molecule has 1 aliphatic rings. The Balaban J connectivity index is 2.11. The van der Waals surface area contributed by atoms with Crippen LogP contribution in [0, 0.1) is 10.1 Å². The number of non-ortho nitro benzene ring substituents is 1. The largest absolute Gasteiger partial charge is 0.493 e. The third-order valence-corrected chi connectivity index (χ3v) is 5.11. The van der Waals surface area contributed by atoms with E-state index in [1.54, 1.807) is 6.07 Å². The molecule has 25 heavy (non-hydrogen) atoms. The maximum atomic E-state index is 11.0. The van der Waals surface area contributed by atoms with E-state index < -0.39 is 4.92 Å². The van der Waals surface area contributed by atoms with E-state index in [9.17, 15) is 10.1 Å². The number of nitrogens with zero attached hydrogens (tertiary/aromatic N) is 2. The zero-order chi connectivity index (χ0) is 17.8. The number of halogens is 1. The molecule has 0 atom stereocenters. The molecule has 0 aliphatic carbocycles. The first-order chi connectivity index (χ1) is 12.1. The number of allylic oxidation sites excluding steroid dienone is 2. The number of pyridine rings is 1. The highest BCUT2D eigenvalue weighted by Gasteiger charge is 2.15. The fourth-order valence-corrected chi connectivity index (χ4v) is 3.79. The average Bonchev–Trinajstić information content (AvgIpc) is 2.57. The van der Waals surface area contributed by atoms with E-state index in [0.717, 1.165) is 34.2 Å². The van der Waals surface area contributed by atoms with Gasteiger partial charge in [-0.3, -0.25) is 10.1 Å². The summed E-state index contributed by atoms with van der Waals surface area (Å²) in [5.41, 5.74) is 1.45. The Hall–Kier alpha value is -2.05. The lowest BCUT2D eigenvalue weighted by Crippen LogP contribution is -1.98. The SMILES string of the molecule is CCOc1cc(/C2=C/CCC/C=C(\Cl)S2)nc2ccc([N+](=O)[O-])cc12. The Bertz CT molecular complexity index is 880. The van der Waals surface area contributed by atoms with Crippen molar-refractivity contribution in [2.45, 2.75) is 26.2 Å². The molecule has 2 heterocycles. The maximum absolute atomic E-state index is 11.0. The number of benzene rings is 1. The van der Waals surface area contributed by atoms with E-state index in [0.29, 0.717) is 23.3 Å². The van der Waals surface area contributed by atoms with Crippen LogP contribution in [0.2, 0.25) is 0 Å². The number of rotatable bonds is 4. The Kier molecular flexibility index (Phi) is 5.60. The van der Waals surface area contributed by atoms with Crippen molar-refractivity contribution in [2.75, 3.05) is 6.61 Å². The summed E-state index contributed by atoms with van der Waals surface area (Å²) in [5.74, 6) is 0.592. The number of nitro benzene ring substituents is 1. The summed E-state index contributed by atoms with van der Waals surface area (Å²) in [7, 11) is 0. The second kappa shape index (κ2) is 7.89. The van der Waals surface area contributed by atoms with Gasteiger partial charge in [-0.05, 0) is 32.3 Å². The number of nitro groups is 1. The van der Waals surface area contributed by atoms with Crippen molar-refractivity contribution in [3.05, 3.63) is 56.6 Å². The number of hydrogen-bond acceptors (Lipinski definition) is 5. The van der Waals surface area contributed by atoms with Crippen LogP contribution in [0.4, 0.5) is 5.69 Å². The zero-order valence-electron chi connectivity index (χ0n) is 13.7. The number of hydrogen-bond donors (Lipinski definition) is 0. The van der Waals surface area contributed by atoms with Gasteiger partial charge < -0.3 is 4.74 Å². The summed E-state index contributed by atoms with van der Waals surface area (Å²) in [5, 5.41) is 11.7. The van der Waals surface area contributed by atoms with Crippen molar-refractivity contribution in [3.8, 4) is 5.75 Å². The lowest BCUT2D eigenvalue weighted by atomic mass is 10.1. The second-order valence-corrected chi connectivity index (χ2v) is 7.22. The van der Waals surface area contributed by atoms with Crippen molar-refractivity contribution in [3.63, 3.8) is 0 Å². The second-order valence-electron chi connectivity index (χ2n) is 5.51. The molecular formula is C18H17ClN2O3S. The minimum absolute atomic E-state index is 0.0218. The van der Waals surface area contributed by atoms with E-state index in [2.05, 4.69) is 11.1 Å². The summed E-state index contributed by atoms with van der Waals surface area (Å²) >= 11 is 7.74. The van der Waals surface area contributed by atoms with Gasteiger partial charge in [0.05, 0.1) is 27.1 Å². The molecule has 1 aromatic heterocycles. The highest BCUT2D eigenvalue weighted by molar-refractivity contribution is 8.13. The standard InChI is InChI=1S/C18H17ClN2O3S/c1-2-24-16-11-15(17-6-4-3-5-7-18(19)25-17)20-14-9-8-12(21(22)23)10-13(14)16/h6-11H,2-5H2,1H3/b17-6-,18-7+. The van der Waals surface area contributed by atoms with Gasteiger partial charge in [0.25, 0.3) is 5.69 Å². The third kappa shape index (κ3) is 4.14. The predicted molar refractivity (Wildman–Crippen MR) is 103 cm³/mol. The van der Waals surface area contributed by atoms with E-state index in [4.69, 9.17) is 16.3 Å². The smallest absolute Gasteiger partial charge is 0.270 e. The Labute approximate surface area is 154 Å². The van der Waals surface area contributed by atoms with Crippen LogP contribution < -0.4 is 4.74 Å². The molecule has 0 radical (unpaired) electrons. The molecule has 7 heteroatoms. The third-order valence-electron chi connectivity index (χ3n) is 3.77. The van der Waals surface area contributed by atoms with Gasteiger partial charge in [-0.1, -0.05) is 35.5 Å². The van der Waals surface area contributed by atoms with Gasteiger partial charge in [0.15, 0.2) is 0 Å². The summed E-state index contributed by atoms with van der Waals surface area (Å²) < 4.78 is 6.45. The molecule has 2 aromatic rings. The van der Waals surface area contributed by atoms with Crippen LogP contribution in [0.5, 0.6) is 5.75 Å². The summed E-state index contributed by atoms with van der Waals surface area (Å²) in [6.45, 7) is 2.35. The number of aromatic nitrogens is 1. The van der Waals surface area contributed by atoms with Crippen LogP contribution in [0.3, 0.4) is 0 Å². The van der Waals surface area contributed by atoms with Gasteiger partial charge >= 0.3 is 0 Å². The zero-order valence-corrected chi connectivity index (χ0v) is 15.3. The summed E-state index contributed by atoms with van der Waals surface area (Å²) in [6, 6.07) is 6.45. The quantitative estimate of drug-likeness (QED) is 0.492. The van der Waals surface area contributed by atoms with Crippen molar-refractivity contribution < 1.29 is 9.66 Å². The Morgan fingerprint density at radius 3 is 2.88 bits per heavy atom. The molecule has 1 aromatic carbocycles. The lowest BCUT2D eigenvalue weighted by Gasteiger charge is -2.13. The lowest BCUT2D eigenvalue weighted by molar-refractivity contribution is -0.384. The van der Waals surface area contributed by atoms with Crippen LogP contribution in [0.1, 0.15) is 31.9 Å². The molecule has 0 unspecified atom stereocenters. The van der Waals surface area contributed by atoms with Crippen LogP contribution in [-0.2, 0) is 0 Å². The monoisotopic (exact) mass is 376 g/mol. The Morgan fingerprint density at radius 2 is 2.12 bits per heavy atom. The van der Waals surface area contributed by atoms with Crippen molar-refractivity contribution in [1.82, 2.24) is 4.98 Å². The number of fused-ring (bicyclic) bond motifs is 1. The van der Waals surface area contributed by atoms with Crippen LogP contribution in [0.25, 0.3) is 15.8 Å². The van der Waals surface area contributed by atoms with E-state index >= 15 is 0 Å². The van der Waals surface area contributed by atoms with Crippen molar-refractivity contribution in [2.24, 2.45) is 0 Å². The van der Waals surface area contributed by atoms with Crippen molar-refractivity contribution >= 4 is 44.9 Å². The minimum atomic E-state index is -0.416. The van der Waals surface area contributed by atoms with Gasteiger partial charge in [0, 0.05) is 28.5 Å². The van der Waals surface area contributed by atoms with Crippen molar-refractivity contribution in [1.29, 1.82) is 0 Å². The molecule has 0 saturated carbocycles. The fraction of sp³-hybridized carbons (Fsp3) is 0.278. The number of thioether (sulfide) groups is 1. The molecule has 130 valence electrons. The molecule has 1 aliphatic heterocycles.